The molecule has 0 aliphatic rings. The Kier molecular flexibility index (Phi) is 5.83. The molecule has 0 aliphatic carbocycles. The highest BCUT2D eigenvalue weighted by Gasteiger charge is 2.14. The Labute approximate surface area is 112 Å². The molecule has 1 aromatic rings. The van der Waals surface area contributed by atoms with Crippen molar-refractivity contribution in [2.75, 3.05) is 13.6 Å². The van der Waals surface area contributed by atoms with Gasteiger partial charge in [-0.05, 0) is 50.9 Å². The van der Waals surface area contributed by atoms with Crippen molar-refractivity contribution in [2.45, 2.75) is 52.6 Å². The average molecular weight is 248 g/mol. The first-order valence-corrected chi connectivity index (χ1v) is 6.98. The second-order valence-corrected chi connectivity index (χ2v) is 5.53. The Bertz CT molecular complexity index is 373. The fourth-order valence-corrected chi connectivity index (χ4v) is 2.23. The maximum absolute atomic E-state index is 6.31. The molecular formula is C16H28N2. The number of aryl methyl sites for hydroxylation is 2. The van der Waals surface area contributed by atoms with E-state index in [2.05, 4.69) is 57.8 Å². The number of rotatable bonds is 6. The summed E-state index contributed by atoms with van der Waals surface area (Å²) in [6, 6.07) is 7.25. The van der Waals surface area contributed by atoms with Gasteiger partial charge in [-0.3, -0.25) is 0 Å². The van der Waals surface area contributed by atoms with Crippen molar-refractivity contribution >= 4 is 0 Å². The zero-order valence-electron chi connectivity index (χ0n) is 12.5. The van der Waals surface area contributed by atoms with Crippen LogP contribution in [-0.2, 0) is 0 Å². The van der Waals surface area contributed by atoms with Crippen LogP contribution < -0.4 is 5.73 Å². The zero-order chi connectivity index (χ0) is 13.7. The molecule has 2 heteroatoms. The fraction of sp³-hybridized carbons (Fsp3) is 0.625. The summed E-state index contributed by atoms with van der Waals surface area (Å²) < 4.78 is 0. The van der Waals surface area contributed by atoms with E-state index in [0.717, 1.165) is 6.54 Å². The van der Waals surface area contributed by atoms with Crippen LogP contribution in [0.3, 0.4) is 0 Å². The third-order valence-electron chi connectivity index (χ3n) is 3.90. The highest BCUT2D eigenvalue weighted by atomic mass is 15.1. The van der Waals surface area contributed by atoms with Gasteiger partial charge in [0.05, 0.1) is 0 Å². The van der Waals surface area contributed by atoms with Gasteiger partial charge in [-0.2, -0.15) is 0 Å². The van der Waals surface area contributed by atoms with E-state index in [1.807, 2.05) is 0 Å². The molecule has 2 nitrogen and oxygen atoms in total. The van der Waals surface area contributed by atoms with Crippen LogP contribution in [0.5, 0.6) is 0 Å². The third kappa shape index (κ3) is 4.11. The number of nitrogens with zero attached hydrogens (tertiary/aromatic N) is 1. The molecule has 18 heavy (non-hydrogen) atoms. The van der Waals surface area contributed by atoms with Crippen LogP contribution >= 0.6 is 0 Å². The number of nitrogens with two attached hydrogens (primary N) is 1. The highest BCUT2D eigenvalue weighted by molar-refractivity contribution is 5.31. The molecule has 0 heterocycles. The average Bonchev–Trinajstić information content (AvgIpc) is 2.32. The van der Waals surface area contributed by atoms with Crippen LogP contribution in [-0.4, -0.2) is 24.5 Å². The van der Waals surface area contributed by atoms with E-state index in [1.54, 1.807) is 0 Å². The maximum Gasteiger partial charge on any atom is 0.0424 e. The summed E-state index contributed by atoms with van der Waals surface area (Å²) in [5, 5.41) is 0. The third-order valence-corrected chi connectivity index (χ3v) is 3.90. The van der Waals surface area contributed by atoms with Crippen LogP contribution in [0, 0.1) is 13.8 Å². The number of hydrogen-bond acceptors (Lipinski definition) is 2. The van der Waals surface area contributed by atoms with E-state index >= 15 is 0 Å². The molecule has 0 saturated heterocycles. The van der Waals surface area contributed by atoms with Gasteiger partial charge in [-0.25, -0.2) is 0 Å². The SMILES string of the molecule is CCCC(C)N(C)CC(N)c1ccc(C)c(C)c1. The van der Waals surface area contributed by atoms with E-state index in [1.165, 1.54) is 29.5 Å². The molecule has 0 amide bonds. The van der Waals surface area contributed by atoms with Crippen LogP contribution in [0.15, 0.2) is 18.2 Å². The van der Waals surface area contributed by atoms with E-state index in [4.69, 9.17) is 5.73 Å². The molecule has 0 spiro atoms. The lowest BCUT2D eigenvalue weighted by Crippen LogP contribution is -2.35. The second kappa shape index (κ2) is 6.91. The smallest absolute Gasteiger partial charge is 0.0424 e. The highest BCUT2D eigenvalue weighted by Crippen LogP contribution is 2.17. The summed E-state index contributed by atoms with van der Waals surface area (Å²) in [6.07, 6.45) is 2.46. The van der Waals surface area contributed by atoms with Gasteiger partial charge in [0, 0.05) is 18.6 Å². The summed E-state index contributed by atoms with van der Waals surface area (Å²) in [6.45, 7) is 9.71. The van der Waals surface area contributed by atoms with Crippen molar-refractivity contribution in [1.29, 1.82) is 0 Å². The molecule has 1 rings (SSSR count). The van der Waals surface area contributed by atoms with Crippen LogP contribution in [0.25, 0.3) is 0 Å². The Balaban J connectivity index is 2.64. The van der Waals surface area contributed by atoms with Gasteiger partial charge >= 0.3 is 0 Å². The monoisotopic (exact) mass is 248 g/mol. The minimum absolute atomic E-state index is 0.105. The normalized spacial score (nSPS) is 14.8. The number of hydrogen-bond donors (Lipinski definition) is 1. The van der Waals surface area contributed by atoms with Gasteiger partial charge in [-0.15, -0.1) is 0 Å². The molecule has 2 unspecified atom stereocenters. The molecule has 0 saturated carbocycles. The van der Waals surface area contributed by atoms with Gasteiger partial charge in [0.2, 0.25) is 0 Å². The molecule has 2 atom stereocenters. The van der Waals surface area contributed by atoms with Gasteiger partial charge in [-0.1, -0.05) is 31.5 Å². The van der Waals surface area contributed by atoms with Crippen molar-refractivity contribution < 1.29 is 0 Å². The lowest BCUT2D eigenvalue weighted by atomic mass is 10.0. The fourth-order valence-electron chi connectivity index (χ4n) is 2.23. The molecule has 0 radical (unpaired) electrons. The Morgan fingerprint density at radius 2 is 1.89 bits per heavy atom. The molecule has 2 N–H and O–H groups in total. The first-order chi connectivity index (χ1) is 8.45. The van der Waals surface area contributed by atoms with E-state index in [9.17, 15) is 0 Å². The maximum atomic E-state index is 6.31. The molecule has 0 aliphatic heterocycles. The number of benzene rings is 1. The minimum atomic E-state index is 0.105. The zero-order valence-corrected chi connectivity index (χ0v) is 12.5. The lowest BCUT2D eigenvalue weighted by molar-refractivity contribution is 0.231. The van der Waals surface area contributed by atoms with E-state index in [0.29, 0.717) is 6.04 Å². The van der Waals surface area contributed by atoms with Crippen molar-refractivity contribution in [2.24, 2.45) is 5.73 Å². The first-order valence-electron chi connectivity index (χ1n) is 6.98. The summed E-state index contributed by atoms with van der Waals surface area (Å²) >= 11 is 0. The summed E-state index contributed by atoms with van der Waals surface area (Å²) in [5.74, 6) is 0. The van der Waals surface area contributed by atoms with Gasteiger partial charge < -0.3 is 10.6 Å². The summed E-state index contributed by atoms with van der Waals surface area (Å²) in [4.78, 5) is 2.36. The number of likely N-dealkylation sites (N-methyl/N-ethyl adjacent to an activating group) is 1. The molecule has 0 aromatic heterocycles. The molecular weight excluding hydrogens is 220 g/mol. The quantitative estimate of drug-likeness (QED) is 0.836. The molecule has 1 aromatic carbocycles. The van der Waals surface area contributed by atoms with Crippen LogP contribution in [0.4, 0.5) is 0 Å². The Morgan fingerprint density at radius 3 is 2.44 bits per heavy atom. The van der Waals surface area contributed by atoms with Gasteiger partial charge in [0.25, 0.3) is 0 Å². The van der Waals surface area contributed by atoms with Crippen molar-refractivity contribution in [3.63, 3.8) is 0 Å². The molecule has 102 valence electrons. The first kappa shape index (κ1) is 15.2. The van der Waals surface area contributed by atoms with Crippen molar-refractivity contribution in [3.05, 3.63) is 34.9 Å². The summed E-state index contributed by atoms with van der Waals surface area (Å²) in [7, 11) is 2.17. The van der Waals surface area contributed by atoms with Gasteiger partial charge in [0.15, 0.2) is 0 Å². The minimum Gasteiger partial charge on any atom is -0.323 e. The molecule has 0 fully saturated rings. The van der Waals surface area contributed by atoms with E-state index < -0.39 is 0 Å². The topological polar surface area (TPSA) is 29.3 Å². The largest absolute Gasteiger partial charge is 0.323 e. The summed E-state index contributed by atoms with van der Waals surface area (Å²) in [5.41, 5.74) is 10.2. The lowest BCUT2D eigenvalue weighted by Gasteiger charge is -2.27. The predicted octanol–water partition coefficient (Wildman–Crippen LogP) is 3.42. The van der Waals surface area contributed by atoms with Crippen LogP contribution in [0.2, 0.25) is 0 Å². The standard InChI is InChI=1S/C16H28N2/c1-6-7-14(4)18(5)11-16(17)15-9-8-12(2)13(3)10-15/h8-10,14,16H,6-7,11,17H2,1-5H3. The molecule has 0 bridgehead atoms. The second-order valence-electron chi connectivity index (χ2n) is 5.53. The van der Waals surface area contributed by atoms with Crippen molar-refractivity contribution in [3.8, 4) is 0 Å². The Morgan fingerprint density at radius 1 is 1.22 bits per heavy atom. The van der Waals surface area contributed by atoms with Gasteiger partial charge in [0.1, 0.15) is 0 Å². The van der Waals surface area contributed by atoms with Crippen LogP contribution in [0.1, 0.15) is 49.4 Å². The Hall–Kier alpha value is -0.860. The van der Waals surface area contributed by atoms with Crippen molar-refractivity contribution in [1.82, 2.24) is 4.90 Å². The predicted molar refractivity (Wildman–Crippen MR) is 79.8 cm³/mol. The van der Waals surface area contributed by atoms with E-state index in [-0.39, 0.29) is 6.04 Å².